The topological polar surface area (TPSA) is 94.3 Å². The van der Waals surface area contributed by atoms with E-state index in [2.05, 4.69) is 4.98 Å². The Hall–Kier alpha value is -2.43. The highest BCUT2D eigenvalue weighted by atomic mass is 32.2. The molecule has 0 spiro atoms. The minimum absolute atomic E-state index is 0.0666. The van der Waals surface area contributed by atoms with Crippen LogP contribution in [0, 0.1) is 18.3 Å². The average Bonchev–Trinajstić information content (AvgIpc) is 2.47. The van der Waals surface area contributed by atoms with Gasteiger partial charge in [-0.15, -0.1) is 0 Å². The smallest absolute Gasteiger partial charge is 0.294 e. The average molecular weight is 319 g/mol. The molecule has 0 atom stereocenters. The lowest BCUT2D eigenvalue weighted by molar-refractivity contribution is 0.483. The Bertz CT molecular complexity index is 763. The highest BCUT2D eigenvalue weighted by molar-refractivity contribution is 7.85. The number of anilines is 1. The summed E-state index contributed by atoms with van der Waals surface area (Å²) >= 11 is 0. The van der Waals surface area contributed by atoms with Gasteiger partial charge < -0.3 is 4.90 Å². The van der Waals surface area contributed by atoms with Gasteiger partial charge in [-0.25, -0.2) is 4.98 Å². The van der Waals surface area contributed by atoms with Crippen molar-refractivity contribution in [3.8, 4) is 6.07 Å². The van der Waals surface area contributed by atoms with E-state index >= 15 is 0 Å². The standard InChI is InChI=1S/C8H9N3.C7H8O3S/c1-11(2)8-4-3-5-10-7(8)6-9;1-6-2-4-7(5-3-6)11(8,9)10/h3-5H,1-2H3;2-5H,1H3,(H,8,9,10). The van der Waals surface area contributed by atoms with Gasteiger partial charge in [0, 0.05) is 20.3 Å². The third-order valence-corrected chi connectivity index (χ3v) is 3.56. The Labute approximate surface area is 130 Å². The highest BCUT2D eigenvalue weighted by Gasteiger charge is 2.06. The Balaban J connectivity index is 0.000000220. The fourth-order valence-electron chi connectivity index (χ4n) is 1.55. The Kier molecular flexibility index (Phi) is 6.04. The molecule has 0 saturated heterocycles. The van der Waals surface area contributed by atoms with Crippen molar-refractivity contribution in [1.29, 1.82) is 5.26 Å². The second kappa shape index (κ2) is 7.54. The van der Waals surface area contributed by atoms with E-state index in [0.717, 1.165) is 11.3 Å². The van der Waals surface area contributed by atoms with Crippen LogP contribution in [-0.2, 0) is 10.1 Å². The van der Waals surface area contributed by atoms with Crippen LogP contribution in [0.25, 0.3) is 0 Å². The Morgan fingerprint density at radius 3 is 2.18 bits per heavy atom. The molecule has 0 aliphatic carbocycles. The summed E-state index contributed by atoms with van der Waals surface area (Å²) in [6.07, 6.45) is 1.62. The summed E-state index contributed by atoms with van der Waals surface area (Å²) < 4.78 is 29.6. The summed E-state index contributed by atoms with van der Waals surface area (Å²) in [5.41, 5.74) is 2.28. The largest absolute Gasteiger partial charge is 0.375 e. The predicted molar refractivity (Wildman–Crippen MR) is 84.3 cm³/mol. The molecule has 1 aromatic heterocycles. The minimum atomic E-state index is -4.02. The van der Waals surface area contributed by atoms with Gasteiger partial charge in [0.2, 0.25) is 0 Å². The number of hydrogen-bond acceptors (Lipinski definition) is 5. The van der Waals surface area contributed by atoms with Crippen LogP contribution in [0.3, 0.4) is 0 Å². The maximum Gasteiger partial charge on any atom is 0.294 e. The van der Waals surface area contributed by atoms with Crippen LogP contribution >= 0.6 is 0 Å². The van der Waals surface area contributed by atoms with E-state index in [4.69, 9.17) is 9.81 Å². The van der Waals surface area contributed by atoms with Gasteiger partial charge in [0.15, 0.2) is 5.69 Å². The first-order valence-corrected chi connectivity index (χ1v) is 7.76. The number of benzene rings is 1. The van der Waals surface area contributed by atoms with Gasteiger partial charge >= 0.3 is 0 Å². The van der Waals surface area contributed by atoms with Gasteiger partial charge in [-0.05, 0) is 31.2 Å². The third-order valence-electron chi connectivity index (χ3n) is 2.69. The fraction of sp³-hybridized carbons (Fsp3) is 0.200. The van der Waals surface area contributed by atoms with E-state index in [1.807, 2.05) is 44.1 Å². The van der Waals surface area contributed by atoms with E-state index in [-0.39, 0.29) is 4.90 Å². The summed E-state index contributed by atoms with van der Waals surface area (Å²) in [6.45, 7) is 1.84. The molecule has 0 radical (unpaired) electrons. The van der Waals surface area contributed by atoms with Crippen LogP contribution < -0.4 is 4.90 Å². The number of aryl methyl sites for hydroxylation is 1. The molecule has 2 aromatic rings. The molecule has 1 aromatic carbocycles. The lowest BCUT2D eigenvalue weighted by atomic mass is 10.2. The maximum atomic E-state index is 10.5. The molecule has 116 valence electrons. The monoisotopic (exact) mass is 319 g/mol. The van der Waals surface area contributed by atoms with E-state index in [0.29, 0.717) is 5.69 Å². The first-order chi connectivity index (χ1) is 10.3. The first-order valence-electron chi connectivity index (χ1n) is 6.32. The second-order valence-electron chi connectivity index (χ2n) is 4.67. The van der Waals surface area contributed by atoms with Crippen LogP contribution in [0.1, 0.15) is 11.3 Å². The molecule has 6 nitrogen and oxygen atoms in total. The molecule has 1 heterocycles. The molecule has 1 N–H and O–H groups in total. The van der Waals surface area contributed by atoms with Gasteiger partial charge in [-0.1, -0.05) is 17.7 Å². The van der Waals surface area contributed by atoms with Crippen LogP contribution in [0.15, 0.2) is 47.5 Å². The summed E-state index contributed by atoms with van der Waals surface area (Å²) in [7, 11) is -0.246. The molecule has 0 saturated carbocycles. The van der Waals surface area contributed by atoms with Crippen molar-refractivity contribution in [3.05, 3.63) is 53.9 Å². The molecule has 0 unspecified atom stereocenters. The minimum Gasteiger partial charge on any atom is -0.375 e. The van der Waals surface area contributed by atoms with Crippen LogP contribution in [0.5, 0.6) is 0 Å². The zero-order chi connectivity index (χ0) is 16.8. The van der Waals surface area contributed by atoms with Crippen molar-refractivity contribution in [2.24, 2.45) is 0 Å². The van der Waals surface area contributed by atoms with Gasteiger partial charge in [0.05, 0.1) is 10.6 Å². The van der Waals surface area contributed by atoms with Gasteiger partial charge in [0.25, 0.3) is 10.1 Å². The van der Waals surface area contributed by atoms with Crippen LogP contribution in [-0.4, -0.2) is 32.0 Å². The Morgan fingerprint density at radius 1 is 1.18 bits per heavy atom. The normalized spacial score (nSPS) is 10.1. The lowest BCUT2D eigenvalue weighted by Gasteiger charge is -2.11. The van der Waals surface area contributed by atoms with E-state index < -0.39 is 10.1 Å². The Morgan fingerprint density at radius 2 is 1.77 bits per heavy atom. The molecule has 0 aliphatic rings. The summed E-state index contributed by atoms with van der Waals surface area (Å²) in [4.78, 5) is 5.72. The SMILES string of the molecule is CN(C)c1cccnc1C#N.Cc1ccc(S(=O)(=O)O)cc1. The zero-order valence-electron chi connectivity index (χ0n) is 12.6. The number of aromatic nitrogens is 1. The van der Waals surface area contributed by atoms with Gasteiger partial charge in [0.1, 0.15) is 6.07 Å². The first kappa shape index (κ1) is 17.6. The van der Waals surface area contributed by atoms with Crippen molar-refractivity contribution in [1.82, 2.24) is 4.98 Å². The van der Waals surface area contributed by atoms with E-state index in [1.165, 1.54) is 12.1 Å². The quantitative estimate of drug-likeness (QED) is 0.853. The third kappa shape index (κ3) is 5.16. The fourth-order valence-corrected chi connectivity index (χ4v) is 2.03. The predicted octanol–water partition coefficient (Wildman–Crippen LogP) is 2.26. The van der Waals surface area contributed by atoms with Crippen LogP contribution in [0.4, 0.5) is 5.69 Å². The molecule has 7 heteroatoms. The molecule has 0 bridgehead atoms. The lowest BCUT2D eigenvalue weighted by Crippen LogP contribution is -2.10. The van der Waals surface area contributed by atoms with Gasteiger partial charge in [-0.2, -0.15) is 13.7 Å². The number of nitriles is 1. The van der Waals surface area contributed by atoms with E-state index in [1.54, 1.807) is 18.3 Å². The summed E-state index contributed by atoms with van der Waals surface area (Å²) in [5.74, 6) is 0. The van der Waals surface area contributed by atoms with Crippen molar-refractivity contribution < 1.29 is 13.0 Å². The maximum absolute atomic E-state index is 10.5. The molecule has 0 amide bonds. The number of rotatable bonds is 2. The number of hydrogen-bond donors (Lipinski definition) is 1. The van der Waals surface area contributed by atoms with Crippen molar-refractivity contribution in [2.75, 3.05) is 19.0 Å². The molecule has 0 aliphatic heterocycles. The van der Waals surface area contributed by atoms with Crippen molar-refractivity contribution >= 4 is 15.8 Å². The molecule has 0 fully saturated rings. The second-order valence-corrected chi connectivity index (χ2v) is 6.09. The van der Waals surface area contributed by atoms with E-state index in [9.17, 15) is 8.42 Å². The summed E-state index contributed by atoms with van der Waals surface area (Å²) in [5, 5.41) is 8.63. The number of nitrogens with zero attached hydrogens (tertiary/aromatic N) is 3. The van der Waals surface area contributed by atoms with Crippen LogP contribution in [0.2, 0.25) is 0 Å². The zero-order valence-corrected chi connectivity index (χ0v) is 13.4. The van der Waals surface area contributed by atoms with Gasteiger partial charge in [-0.3, -0.25) is 4.55 Å². The highest BCUT2D eigenvalue weighted by Crippen LogP contribution is 2.13. The summed E-state index contributed by atoms with van der Waals surface area (Å²) in [6, 6.07) is 11.7. The van der Waals surface area contributed by atoms with Crippen molar-refractivity contribution in [3.63, 3.8) is 0 Å². The molecule has 2 rings (SSSR count). The number of pyridine rings is 1. The molecule has 22 heavy (non-hydrogen) atoms. The van der Waals surface area contributed by atoms with Crippen molar-refractivity contribution in [2.45, 2.75) is 11.8 Å². The molecular weight excluding hydrogens is 302 g/mol. The molecular formula is C15H17N3O3S.